The summed E-state index contributed by atoms with van der Waals surface area (Å²) in [6, 6.07) is 13.1. The highest BCUT2D eigenvalue weighted by molar-refractivity contribution is 6.35. The first-order valence-electron chi connectivity index (χ1n) is 11.3. The number of benzene rings is 2. The smallest absolute Gasteiger partial charge is 0.277 e. The average Bonchev–Trinajstić information content (AvgIpc) is 3.04. The van der Waals surface area contributed by atoms with Gasteiger partial charge in [0.05, 0.1) is 5.57 Å². The topological polar surface area (TPSA) is 69.7 Å². The van der Waals surface area contributed by atoms with Crippen molar-refractivity contribution in [3.63, 3.8) is 0 Å². The van der Waals surface area contributed by atoms with E-state index in [1.807, 2.05) is 4.90 Å². The molecule has 2 aliphatic heterocycles. The van der Waals surface area contributed by atoms with Gasteiger partial charge in [0, 0.05) is 32.2 Å². The summed E-state index contributed by atoms with van der Waals surface area (Å²) in [5.74, 6) is -0.505. The number of nitrogens with one attached hydrogen (secondary N) is 1. The monoisotopic (exact) mass is 449 g/mol. The predicted octanol–water partition coefficient (Wildman–Crippen LogP) is 3.84. The fourth-order valence-corrected chi connectivity index (χ4v) is 4.37. The van der Waals surface area contributed by atoms with Crippen LogP contribution in [0.3, 0.4) is 0 Å². The molecule has 1 fully saturated rings. The molecular formula is C26H28FN3O3. The third-order valence-electron chi connectivity index (χ3n) is 6.27. The van der Waals surface area contributed by atoms with Crippen LogP contribution in [0.1, 0.15) is 37.8 Å². The van der Waals surface area contributed by atoms with Crippen LogP contribution >= 0.6 is 0 Å². The van der Waals surface area contributed by atoms with E-state index in [1.165, 1.54) is 24.0 Å². The number of rotatable bonds is 6. The zero-order chi connectivity index (χ0) is 23.5. The van der Waals surface area contributed by atoms with Crippen molar-refractivity contribution < 1.29 is 18.8 Å². The SMILES string of the molecule is CC(=O)Nc1ccc(C2=C(N3CCC(C)CC3)C(=O)N(CCc3ccc(F)cc3)C2=O)cc1. The van der Waals surface area contributed by atoms with Gasteiger partial charge in [-0.2, -0.15) is 0 Å². The second kappa shape index (κ2) is 9.57. The first-order valence-corrected chi connectivity index (χ1v) is 11.3. The van der Waals surface area contributed by atoms with Crippen LogP contribution in [0.2, 0.25) is 0 Å². The molecule has 2 aromatic carbocycles. The highest BCUT2D eigenvalue weighted by atomic mass is 19.1. The Morgan fingerprint density at radius 1 is 1.00 bits per heavy atom. The van der Waals surface area contributed by atoms with E-state index in [9.17, 15) is 18.8 Å². The quantitative estimate of drug-likeness (QED) is 0.681. The van der Waals surface area contributed by atoms with Gasteiger partial charge in [-0.25, -0.2) is 4.39 Å². The minimum atomic E-state index is -0.319. The zero-order valence-corrected chi connectivity index (χ0v) is 18.9. The molecule has 0 saturated carbocycles. The first-order chi connectivity index (χ1) is 15.8. The largest absolute Gasteiger partial charge is 0.366 e. The molecule has 0 spiro atoms. The number of hydrogen-bond acceptors (Lipinski definition) is 4. The second-order valence-electron chi connectivity index (χ2n) is 8.79. The minimum Gasteiger partial charge on any atom is -0.366 e. The van der Waals surface area contributed by atoms with Crippen molar-refractivity contribution in [3.8, 4) is 0 Å². The maximum absolute atomic E-state index is 13.5. The Morgan fingerprint density at radius 3 is 2.24 bits per heavy atom. The number of nitrogens with zero attached hydrogens (tertiary/aromatic N) is 2. The molecule has 1 N–H and O–H groups in total. The Kier molecular flexibility index (Phi) is 6.58. The molecule has 2 aromatic rings. The molecule has 0 unspecified atom stereocenters. The number of likely N-dealkylation sites (tertiary alicyclic amines) is 1. The van der Waals surface area contributed by atoms with Crippen molar-refractivity contribution in [2.24, 2.45) is 5.92 Å². The molecule has 0 atom stereocenters. The Bertz CT molecular complexity index is 1080. The number of carbonyl (C=O) groups excluding carboxylic acids is 3. The summed E-state index contributed by atoms with van der Waals surface area (Å²) in [5, 5.41) is 2.72. The van der Waals surface area contributed by atoms with E-state index in [1.54, 1.807) is 36.4 Å². The Labute approximate surface area is 193 Å². The highest BCUT2D eigenvalue weighted by Crippen LogP contribution is 2.34. The summed E-state index contributed by atoms with van der Waals surface area (Å²) in [7, 11) is 0. The zero-order valence-electron chi connectivity index (χ0n) is 18.9. The van der Waals surface area contributed by atoms with Gasteiger partial charge >= 0.3 is 0 Å². The Hall–Kier alpha value is -3.48. The van der Waals surface area contributed by atoms with Gasteiger partial charge < -0.3 is 10.2 Å². The fourth-order valence-electron chi connectivity index (χ4n) is 4.37. The standard InChI is InChI=1S/C26H28FN3O3/c1-17-11-14-29(15-12-17)24-23(20-5-9-22(10-6-20)28-18(2)31)25(32)30(26(24)33)16-13-19-3-7-21(27)8-4-19/h3-10,17H,11-16H2,1-2H3,(H,28,31). The number of hydrogen-bond donors (Lipinski definition) is 1. The number of piperidine rings is 1. The van der Waals surface area contributed by atoms with Crippen molar-refractivity contribution in [2.75, 3.05) is 25.0 Å². The molecule has 4 rings (SSSR count). The Balaban J connectivity index is 1.62. The number of imide groups is 1. The summed E-state index contributed by atoms with van der Waals surface area (Å²) in [6.45, 7) is 5.32. The van der Waals surface area contributed by atoms with Crippen LogP contribution in [0.15, 0.2) is 54.2 Å². The molecule has 0 radical (unpaired) electrons. The van der Waals surface area contributed by atoms with E-state index in [2.05, 4.69) is 12.2 Å². The van der Waals surface area contributed by atoms with Gasteiger partial charge in [0.15, 0.2) is 0 Å². The molecular weight excluding hydrogens is 421 g/mol. The van der Waals surface area contributed by atoms with E-state index in [4.69, 9.17) is 0 Å². The maximum Gasteiger partial charge on any atom is 0.277 e. The van der Waals surface area contributed by atoms with Crippen LogP contribution in [0, 0.1) is 11.7 Å². The Morgan fingerprint density at radius 2 is 1.64 bits per heavy atom. The van der Waals surface area contributed by atoms with Crippen molar-refractivity contribution in [3.05, 3.63) is 71.2 Å². The van der Waals surface area contributed by atoms with Crippen LogP contribution in [0.4, 0.5) is 10.1 Å². The van der Waals surface area contributed by atoms with E-state index >= 15 is 0 Å². The maximum atomic E-state index is 13.5. The van der Waals surface area contributed by atoms with Crippen LogP contribution in [0.5, 0.6) is 0 Å². The van der Waals surface area contributed by atoms with Crippen molar-refractivity contribution in [2.45, 2.75) is 33.1 Å². The predicted molar refractivity (Wildman–Crippen MR) is 124 cm³/mol. The van der Waals surface area contributed by atoms with Gasteiger partial charge in [0.2, 0.25) is 5.91 Å². The minimum absolute atomic E-state index is 0.177. The molecule has 0 bridgehead atoms. The lowest BCUT2D eigenvalue weighted by Crippen LogP contribution is -2.39. The van der Waals surface area contributed by atoms with Gasteiger partial charge in [-0.05, 0) is 60.6 Å². The molecule has 2 aliphatic rings. The molecule has 0 aliphatic carbocycles. The third-order valence-corrected chi connectivity index (χ3v) is 6.27. The number of amides is 3. The molecule has 7 heteroatoms. The fraction of sp³-hybridized carbons (Fsp3) is 0.346. The molecule has 0 aromatic heterocycles. The first kappa shape index (κ1) is 22.7. The molecule has 33 heavy (non-hydrogen) atoms. The van der Waals surface area contributed by atoms with Gasteiger partial charge in [0.1, 0.15) is 11.5 Å². The van der Waals surface area contributed by atoms with Gasteiger partial charge in [-0.3, -0.25) is 19.3 Å². The average molecular weight is 450 g/mol. The molecule has 172 valence electrons. The normalized spacial score (nSPS) is 17.2. The molecule has 2 heterocycles. The molecule has 1 saturated heterocycles. The van der Waals surface area contributed by atoms with Crippen molar-refractivity contribution in [1.82, 2.24) is 9.80 Å². The number of anilines is 1. The van der Waals surface area contributed by atoms with Gasteiger partial charge in [0.25, 0.3) is 11.8 Å². The van der Waals surface area contributed by atoms with E-state index in [-0.39, 0.29) is 30.1 Å². The van der Waals surface area contributed by atoms with Crippen molar-refractivity contribution in [1.29, 1.82) is 0 Å². The summed E-state index contributed by atoms with van der Waals surface area (Å²) < 4.78 is 13.2. The van der Waals surface area contributed by atoms with Crippen LogP contribution in [-0.4, -0.2) is 47.2 Å². The van der Waals surface area contributed by atoms with Crippen LogP contribution < -0.4 is 5.32 Å². The van der Waals surface area contributed by atoms with Gasteiger partial charge in [-0.1, -0.05) is 31.2 Å². The summed E-state index contributed by atoms with van der Waals surface area (Å²) in [6.07, 6.45) is 2.39. The highest BCUT2D eigenvalue weighted by Gasteiger charge is 2.41. The molecule has 3 amide bonds. The van der Waals surface area contributed by atoms with E-state index < -0.39 is 0 Å². The third kappa shape index (κ3) is 4.97. The second-order valence-corrected chi connectivity index (χ2v) is 8.79. The van der Waals surface area contributed by atoms with E-state index in [0.29, 0.717) is 34.9 Å². The van der Waals surface area contributed by atoms with Crippen LogP contribution in [0.25, 0.3) is 5.57 Å². The van der Waals surface area contributed by atoms with Gasteiger partial charge in [-0.15, -0.1) is 0 Å². The summed E-state index contributed by atoms with van der Waals surface area (Å²) >= 11 is 0. The summed E-state index contributed by atoms with van der Waals surface area (Å²) in [5.41, 5.74) is 3.00. The summed E-state index contributed by atoms with van der Waals surface area (Å²) in [4.78, 5) is 41.6. The lowest BCUT2D eigenvalue weighted by molar-refractivity contribution is -0.137. The number of halogens is 1. The lowest BCUT2D eigenvalue weighted by Gasteiger charge is -2.32. The molecule has 6 nitrogen and oxygen atoms in total. The number of carbonyl (C=O) groups is 3. The lowest BCUT2D eigenvalue weighted by atomic mass is 9.97. The van der Waals surface area contributed by atoms with Crippen molar-refractivity contribution >= 4 is 29.0 Å². The van der Waals surface area contributed by atoms with E-state index in [0.717, 1.165) is 31.5 Å². The van der Waals surface area contributed by atoms with Crippen LogP contribution in [-0.2, 0) is 20.8 Å².